The minimum absolute atomic E-state index is 0.00567. The lowest BCUT2D eigenvalue weighted by Gasteiger charge is -2.10. The van der Waals surface area contributed by atoms with Gasteiger partial charge in [-0.2, -0.15) is 0 Å². The zero-order valence-corrected chi connectivity index (χ0v) is 12.0. The van der Waals surface area contributed by atoms with Crippen molar-refractivity contribution >= 4 is 17.4 Å². The van der Waals surface area contributed by atoms with E-state index < -0.39 is 0 Å². The molecule has 0 spiro atoms. The molecule has 0 bridgehead atoms. The summed E-state index contributed by atoms with van der Waals surface area (Å²) < 4.78 is 0. The Morgan fingerprint density at radius 1 is 0.667 bits per heavy atom. The summed E-state index contributed by atoms with van der Waals surface area (Å²) in [6.07, 6.45) is 0. The molecular weight excluding hydrogens is 280 g/mol. The molecule has 3 rings (SSSR count). The van der Waals surface area contributed by atoms with E-state index in [0.717, 1.165) is 11.1 Å². The van der Waals surface area contributed by atoms with Crippen LogP contribution in [0.2, 0.25) is 5.02 Å². The average molecular weight is 293 g/mol. The summed E-state index contributed by atoms with van der Waals surface area (Å²) in [6, 6.07) is 24.4. The summed E-state index contributed by atoms with van der Waals surface area (Å²) in [5.41, 5.74) is 3.07. The Kier molecular flexibility index (Phi) is 3.85. The summed E-state index contributed by atoms with van der Waals surface area (Å²) in [5.74, 6) is 0.00567. The first-order valence-corrected chi connectivity index (χ1v) is 7.09. The predicted molar refractivity (Wildman–Crippen MR) is 86.8 cm³/mol. The van der Waals surface area contributed by atoms with E-state index in [2.05, 4.69) is 0 Å². The Morgan fingerprint density at radius 2 is 1.24 bits per heavy atom. The number of ketones is 1. The van der Waals surface area contributed by atoms with Crippen molar-refractivity contribution in [2.45, 2.75) is 0 Å². The van der Waals surface area contributed by atoms with Gasteiger partial charge in [0.1, 0.15) is 0 Å². The van der Waals surface area contributed by atoms with Gasteiger partial charge in [0.15, 0.2) is 5.78 Å². The van der Waals surface area contributed by atoms with E-state index in [9.17, 15) is 4.79 Å². The van der Waals surface area contributed by atoms with Gasteiger partial charge in [-0.15, -0.1) is 0 Å². The number of hydrogen-bond donors (Lipinski definition) is 0. The van der Waals surface area contributed by atoms with Gasteiger partial charge in [0.25, 0.3) is 0 Å². The second-order valence-corrected chi connectivity index (χ2v) is 5.13. The molecule has 0 amide bonds. The number of rotatable bonds is 3. The van der Waals surface area contributed by atoms with Crippen LogP contribution in [-0.4, -0.2) is 5.78 Å². The van der Waals surface area contributed by atoms with Gasteiger partial charge in [-0.1, -0.05) is 84.4 Å². The van der Waals surface area contributed by atoms with Crippen molar-refractivity contribution in [3.05, 3.63) is 95.0 Å². The third kappa shape index (κ3) is 2.74. The monoisotopic (exact) mass is 292 g/mol. The Morgan fingerprint density at radius 3 is 1.95 bits per heavy atom. The molecule has 0 saturated carbocycles. The number of carbonyl (C=O) groups is 1. The summed E-state index contributed by atoms with van der Waals surface area (Å²) in [4.78, 5) is 12.7. The number of benzene rings is 3. The van der Waals surface area contributed by atoms with Crippen LogP contribution in [0.5, 0.6) is 0 Å². The summed E-state index contributed by atoms with van der Waals surface area (Å²) in [6.45, 7) is 0. The smallest absolute Gasteiger partial charge is 0.193 e. The standard InChI is InChI=1S/C19H13ClO/c20-18-13-7-6-11-16(18)15-10-4-5-12-17(15)19(21)14-8-2-1-3-9-14/h1-13H. The molecule has 0 radical (unpaired) electrons. The van der Waals surface area contributed by atoms with Crippen LogP contribution in [-0.2, 0) is 0 Å². The van der Waals surface area contributed by atoms with Crippen LogP contribution in [0.3, 0.4) is 0 Å². The van der Waals surface area contributed by atoms with Crippen molar-refractivity contribution in [1.82, 2.24) is 0 Å². The van der Waals surface area contributed by atoms with Gasteiger partial charge < -0.3 is 0 Å². The van der Waals surface area contributed by atoms with Crippen molar-refractivity contribution in [3.8, 4) is 11.1 Å². The van der Waals surface area contributed by atoms with Crippen LogP contribution >= 0.6 is 11.6 Å². The van der Waals surface area contributed by atoms with Crippen LogP contribution in [0.15, 0.2) is 78.9 Å². The largest absolute Gasteiger partial charge is 0.289 e. The molecule has 0 saturated heterocycles. The van der Waals surface area contributed by atoms with Crippen molar-refractivity contribution in [2.24, 2.45) is 0 Å². The topological polar surface area (TPSA) is 17.1 Å². The highest BCUT2D eigenvalue weighted by Crippen LogP contribution is 2.31. The second-order valence-electron chi connectivity index (χ2n) is 4.72. The molecule has 0 aliphatic carbocycles. The first-order valence-electron chi connectivity index (χ1n) is 6.71. The molecule has 1 nitrogen and oxygen atoms in total. The fourth-order valence-corrected chi connectivity index (χ4v) is 2.58. The zero-order chi connectivity index (χ0) is 14.7. The van der Waals surface area contributed by atoms with E-state index in [1.165, 1.54) is 0 Å². The molecule has 0 aliphatic rings. The third-order valence-electron chi connectivity index (χ3n) is 3.37. The maximum Gasteiger partial charge on any atom is 0.193 e. The normalized spacial score (nSPS) is 10.3. The minimum atomic E-state index is 0.00567. The molecule has 0 N–H and O–H groups in total. The SMILES string of the molecule is O=C(c1ccccc1)c1ccccc1-c1ccccc1Cl. The van der Waals surface area contributed by atoms with E-state index in [0.29, 0.717) is 16.1 Å². The van der Waals surface area contributed by atoms with Crippen LogP contribution in [0.4, 0.5) is 0 Å². The fourth-order valence-electron chi connectivity index (χ4n) is 2.34. The molecular formula is C19H13ClO. The van der Waals surface area contributed by atoms with Gasteiger partial charge in [0.05, 0.1) is 0 Å². The maximum absolute atomic E-state index is 12.7. The van der Waals surface area contributed by atoms with Crippen LogP contribution in [0.1, 0.15) is 15.9 Å². The van der Waals surface area contributed by atoms with E-state index in [1.807, 2.05) is 78.9 Å². The molecule has 102 valence electrons. The highest BCUT2D eigenvalue weighted by atomic mass is 35.5. The van der Waals surface area contributed by atoms with Crippen molar-refractivity contribution < 1.29 is 4.79 Å². The van der Waals surface area contributed by atoms with Gasteiger partial charge in [-0.3, -0.25) is 4.79 Å². The van der Waals surface area contributed by atoms with Crippen molar-refractivity contribution in [2.75, 3.05) is 0 Å². The fraction of sp³-hybridized carbons (Fsp3) is 0. The quantitative estimate of drug-likeness (QED) is 0.603. The van der Waals surface area contributed by atoms with Crippen LogP contribution < -0.4 is 0 Å². The molecule has 21 heavy (non-hydrogen) atoms. The Balaban J connectivity index is 2.13. The molecule has 0 unspecified atom stereocenters. The molecule has 0 fully saturated rings. The third-order valence-corrected chi connectivity index (χ3v) is 3.70. The maximum atomic E-state index is 12.7. The Hall–Kier alpha value is -2.38. The van der Waals surface area contributed by atoms with Crippen molar-refractivity contribution in [3.63, 3.8) is 0 Å². The minimum Gasteiger partial charge on any atom is -0.289 e. The van der Waals surface area contributed by atoms with Crippen LogP contribution in [0.25, 0.3) is 11.1 Å². The lowest BCUT2D eigenvalue weighted by atomic mass is 9.94. The van der Waals surface area contributed by atoms with Gasteiger partial charge in [-0.25, -0.2) is 0 Å². The first-order chi connectivity index (χ1) is 10.3. The summed E-state index contributed by atoms with van der Waals surface area (Å²) in [5, 5.41) is 0.644. The van der Waals surface area contributed by atoms with E-state index in [4.69, 9.17) is 11.6 Å². The first kappa shape index (κ1) is 13.6. The zero-order valence-electron chi connectivity index (χ0n) is 11.3. The second kappa shape index (κ2) is 5.94. The van der Waals surface area contributed by atoms with E-state index in [1.54, 1.807) is 0 Å². The number of halogens is 1. The van der Waals surface area contributed by atoms with Crippen LogP contribution in [0, 0.1) is 0 Å². The summed E-state index contributed by atoms with van der Waals surface area (Å²) in [7, 11) is 0. The van der Waals surface area contributed by atoms with Gasteiger partial charge in [-0.05, 0) is 11.6 Å². The lowest BCUT2D eigenvalue weighted by molar-refractivity contribution is 0.103. The van der Waals surface area contributed by atoms with E-state index in [-0.39, 0.29) is 5.78 Å². The van der Waals surface area contributed by atoms with Gasteiger partial charge in [0, 0.05) is 21.7 Å². The Labute approximate surface area is 128 Å². The summed E-state index contributed by atoms with van der Waals surface area (Å²) >= 11 is 6.27. The molecule has 3 aromatic carbocycles. The van der Waals surface area contributed by atoms with Gasteiger partial charge >= 0.3 is 0 Å². The molecule has 0 heterocycles. The number of hydrogen-bond acceptors (Lipinski definition) is 1. The van der Waals surface area contributed by atoms with Crippen molar-refractivity contribution in [1.29, 1.82) is 0 Å². The highest BCUT2D eigenvalue weighted by molar-refractivity contribution is 6.33. The van der Waals surface area contributed by atoms with E-state index >= 15 is 0 Å². The molecule has 0 aromatic heterocycles. The lowest BCUT2D eigenvalue weighted by Crippen LogP contribution is -2.03. The molecule has 0 atom stereocenters. The molecule has 0 aliphatic heterocycles. The predicted octanol–water partition coefficient (Wildman–Crippen LogP) is 5.24. The number of carbonyl (C=O) groups excluding carboxylic acids is 1. The Bertz CT molecular complexity index is 778. The molecule has 3 aromatic rings. The molecule has 2 heteroatoms. The highest BCUT2D eigenvalue weighted by Gasteiger charge is 2.15. The average Bonchev–Trinajstić information content (AvgIpc) is 2.55. The van der Waals surface area contributed by atoms with Gasteiger partial charge in [0.2, 0.25) is 0 Å².